The van der Waals surface area contributed by atoms with Crippen molar-refractivity contribution in [2.75, 3.05) is 11.9 Å². The molecule has 0 aromatic heterocycles. The monoisotopic (exact) mass is 377 g/mol. The number of nitro benzene ring substituents is 1. The molecule has 134 valence electrons. The number of benzene rings is 2. The minimum absolute atomic E-state index is 0.0977. The van der Waals surface area contributed by atoms with Gasteiger partial charge in [0.1, 0.15) is 5.02 Å². The highest BCUT2D eigenvalue weighted by atomic mass is 35.5. The number of hydrogen-bond donors (Lipinski definition) is 2. The van der Waals surface area contributed by atoms with Crippen molar-refractivity contribution < 1.29 is 24.0 Å². The van der Waals surface area contributed by atoms with Gasteiger partial charge in [0.25, 0.3) is 17.5 Å². The van der Waals surface area contributed by atoms with E-state index in [2.05, 4.69) is 5.32 Å². The Kier molecular flexibility index (Phi) is 5.86. The third-order valence-corrected chi connectivity index (χ3v) is 3.50. The highest BCUT2D eigenvalue weighted by molar-refractivity contribution is 6.32. The smallest absolute Gasteiger partial charge is 0.338 e. The minimum Gasteiger partial charge on any atom is -0.452 e. The Morgan fingerprint density at radius 3 is 2.54 bits per heavy atom. The van der Waals surface area contributed by atoms with Gasteiger partial charge < -0.3 is 15.8 Å². The summed E-state index contributed by atoms with van der Waals surface area (Å²) in [6.07, 6.45) is 0. The fourth-order valence-corrected chi connectivity index (χ4v) is 2.17. The first-order valence-corrected chi connectivity index (χ1v) is 7.47. The summed E-state index contributed by atoms with van der Waals surface area (Å²) in [5.74, 6) is -2.38. The maximum atomic E-state index is 11.9. The van der Waals surface area contributed by atoms with Crippen LogP contribution >= 0.6 is 11.6 Å². The van der Waals surface area contributed by atoms with Crippen LogP contribution in [0.2, 0.25) is 5.02 Å². The molecule has 0 saturated heterocycles. The van der Waals surface area contributed by atoms with Crippen LogP contribution in [-0.2, 0) is 9.53 Å². The van der Waals surface area contributed by atoms with Gasteiger partial charge >= 0.3 is 5.97 Å². The number of rotatable bonds is 6. The van der Waals surface area contributed by atoms with E-state index in [1.165, 1.54) is 24.3 Å². The second kappa shape index (κ2) is 8.08. The summed E-state index contributed by atoms with van der Waals surface area (Å²) in [6, 6.07) is 9.41. The summed E-state index contributed by atoms with van der Waals surface area (Å²) in [7, 11) is 0. The van der Waals surface area contributed by atoms with Crippen molar-refractivity contribution in [3.63, 3.8) is 0 Å². The van der Waals surface area contributed by atoms with Crippen molar-refractivity contribution in [3.8, 4) is 0 Å². The summed E-state index contributed by atoms with van der Waals surface area (Å²) >= 11 is 5.66. The molecule has 10 heteroatoms. The molecule has 0 saturated carbocycles. The highest BCUT2D eigenvalue weighted by Gasteiger charge is 2.18. The number of ether oxygens (including phenoxy) is 1. The van der Waals surface area contributed by atoms with E-state index in [9.17, 15) is 24.5 Å². The van der Waals surface area contributed by atoms with E-state index >= 15 is 0 Å². The van der Waals surface area contributed by atoms with Gasteiger partial charge in [-0.15, -0.1) is 0 Å². The molecule has 0 aliphatic heterocycles. The first-order chi connectivity index (χ1) is 12.3. The van der Waals surface area contributed by atoms with Crippen molar-refractivity contribution in [1.82, 2.24) is 0 Å². The fraction of sp³-hybridized carbons (Fsp3) is 0.0625. The molecule has 9 nitrogen and oxygen atoms in total. The number of para-hydroxylation sites is 1. The number of nitrogens with zero attached hydrogens (tertiary/aromatic N) is 1. The van der Waals surface area contributed by atoms with Crippen molar-refractivity contribution in [1.29, 1.82) is 0 Å². The number of esters is 1. The Labute approximate surface area is 151 Å². The fourth-order valence-electron chi connectivity index (χ4n) is 1.99. The average molecular weight is 378 g/mol. The first-order valence-electron chi connectivity index (χ1n) is 7.09. The van der Waals surface area contributed by atoms with Crippen molar-refractivity contribution >= 4 is 40.8 Å². The second-order valence-electron chi connectivity index (χ2n) is 4.96. The summed E-state index contributed by atoms with van der Waals surface area (Å²) in [5, 5.41) is 13.1. The molecule has 0 radical (unpaired) electrons. The molecule has 26 heavy (non-hydrogen) atoms. The van der Waals surface area contributed by atoms with Gasteiger partial charge in [0.15, 0.2) is 6.61 Å². The number of carbonyl (C=O) groups is 3. The number of amides is 2. The Hall–Kier alpha value is -3.46. The van der Waals surface area contributed by atoms with E-state index in [1.807, 2.05) is 0 Å². The molecule has 2 aromatic rings. The minimum atomic E-state index is -0.942. The molecule has 0 aliphatic rings. The topological polar surface area (TPSA) is 142 Å². The normalized spacial score (nSPS) is 10.0. The third-order valence-electron chi connectivity index (χ3n) is 3.18. The van der Waals surface area contributed by atoms with Crippen LogP contribution in [0.1, 0.15) is 20.7 Å². The van der Waals surface area contributed by atoms with E-state index in [1.54, 1.807) is 12.1 Å². The number of hydrogen-bond acceptors (Lipinski definition) is 6. The van der Waals surface area contributed by atoms with Gasteiger partial charge in [0, 0.05) is 6.07 Å². The van der Waals surface area contributed by atoms with E-state index in [4.69, 9.17) is 22.1 Å². The quantitative estimate of drug-likeness (QED) is 0.448. The number of nitrogens with two attached hydrogens (primary N) is 1. The van der Waals surface area contributed by atoms with Crippen LogP contribution in [0.4, 0.5) is 11.4 Å². The van der Waals surface area contributed by atoms with Gasteiger partial charge in [-0.05, 0) is 24.3 Å². The van der Waals surface area contributed by atoms with Crippen LogP contribution in [-0.4, -0.2) is 29.3 Å². The Morgan fingerprint density at radius 2 is 1.88 bits per heavy atom. The number of halogens is 1. The summed E-state index contributed by atoms with van der Waals surface area (Å²) < 4.78 is 4.80. The van der Waals surface area contributed by atoms with E-state index < -0.39 is 35.0 Å². The van der Waals surface area contributed by atoms with Crippen LogP contribution in [0, 0.1) is 10.1 Å². The lowest BCUT2D eigenvalue weighted by Gasteiger charge is -2.09. The van der Waals surface area contributed by atoms with Gasteiger partial charge in [-0.2, -0.15) is 0 Å². The number of nitrogens with one attached hydrogen (secondary N) is 1. The lowest BCUT2D eigenvalue weighted by molar-refractivity contribution is -0.384. The number of primary amides is 1. The maximum absolute atomic E-state index is 11.9. The molecule has 0 bridgehead atoms. The molecule has 0 atom stereocenters. The predicted molar refractivity (Wildman–Crippen MR) is 92.0 cm³/mol. The molecule has 0 fully saturated rings. The van der Waals surface area contributed by atoms with Crippen molar-refractivity contribution in [3.05, 3.63) is 68.7 Å². The number of nitro groups is 1. The van der Waals surface area contributed by atoms with Gasteiger partial charge in [-0.1, -0.05) is 23.7 Å². The summed E-state index contributed by atoms with van der Waals surface area (Å²) in [4.78, 5) is 45.2. The molecule has 0 aliphatic carbocycles. The first kappa shape index (κ1) is 18.9. The van der Waals surface area contributed by atoms with Crippen LogP contribution in [0.3, 0.4) is 0 Å². The van der Waals surface area contributed by atoms with Gasteiger partial charge in [0.05, 0.1) is 21.7 Å². The lowest BCUT2D eigenvalue weighted by Crippen LogP contribution is -2.23. The van der Waals surface area contributed by atoms with Crippen LogP contribution in [0.5, 0.6) is 0 Å². The molecule has 2 amide bonds. The lowest BCUT2D eigenvalue weighted by atomic mass is 10.1. The molecular weight excluding hydrogens is 366 g/mol. The predicted octanol–water partition coefficient (Wildman–Crippen LogP) is 2.14. The Balaban J connectivity index is 2.02. The van der Waals surface area contributed by atoms with Crippen molar-refractivity contribution in [2.24, 2.45) is 5.73 Å². The zero-order valence-corrected chi connectivity index (χ0v) is 13.9. The second-order valence-corrected chi connectivity index (χ2v) is 5.36. The molecule has 0 spiro atoms. The Morgan fingerprint density at radius 1 is 1.19 bits per heavy atom. The Bertz CT molecular complexity index is 899. The summed E-state index contributed by atoms with van der Waals surface area (Å²) in [6.45, 7) is -0.664. The van der Waals surface area contributed by atoms with Crippen LogP contribution in [0.15, 0.2) is 42.5 Å². The average Bonchev–Trinajstić information content (AvgIpc) is 2.60. The standard InChI is InChI=1S/C16H12ClN3O6/c17-11-6-5-9(7-13(11)20(24)25)16(23)26-8-14(21)19-12-4-2-1-3-10(12)15(18)22/h1-7H,8H2,(H2,18,22)(H,19,21). The van der Waals surface area contributed by atoms with E-state index in [-0.39, 0.29) is 21.8 Å². The largest absolute Gasteiger partial charge is 0.452 e. The van der Waals surface area contributed by atoms with Gasteiger partial charge in [-0.25, -0.2) is 4.79 Å². The highest BCUT2D eigenvalue weighted by Crippen LogP contribution is 2.25. The molecule has 3 N–H and O–H groups in total. The molecule has 0 heterocycles. The molecular formula is C16H12ClN3O6. The molecule has 2 aromatic carbocycles. The van der Waals surface area contributed by atoms with E-state index in [0.29, 0.717) is 0 Å². The molecule has 0 unspecified atom stereocenters. The number of anilines is 1. The maximum Gasteiger partial charge on any atom is 0.338 e. The third kappa shape index (κ3) is 4.54. The zero-order chi connectivity index (χ0) is 19.3. The zero-order valence-electron chi connectivity index (χ0n) is 13.1. The number of carbonyl (C=O) groups excluding carboxylic acids is 3. The van der Waals surface area contributed by atoms with Crippen molar-refractivity contribution in [2.45, 2.75) is 0 Å². The van der Waals surface area contributed by atoms with Gasteiger partial charge in [0.2, 0.25) is 0 Å². The summed E-state index contributed by atoms with van der Waals surface area (Å²) in [5.41, 5.74) is 4.87. The molecule has 2 rings (SSSR count). The van der Waals surface area contributed by atoms with Crippen LogP contribution in [0.25, 0.3) is 0 Å². The SMILES string of the molecule is NC(=O)c1ccccc1NC(=O)COC(=O)c1ccc(Cl)c([N+](=O)[O-])c1. The van der Waals surface area contributed by atoms with Gasteiger partial charge in [-0.3, -0.25) is 19.7 Å². The van der Waals surface area contributed by atoms with E-state index in [0.717, 1.165) is 6.07 Å². The van der Waals surface area contributed by atoms with Crippen LogP contribution < -0.4 is 11.1 Å².